The summed E-state index contributed by atoms with van der Waals surface area (Å²) in [5.41, 5.74) is 0. The Morgan fingerprint density at radius 1 is 1.00 bits per heavy atom. The molecule has 0 aliphatic rings. The lowest BCUT2D eigenvalue weighted by molar-refractivity contribution is -0.144. The second-order valence-electron chi connectivity index (χ2n) is 6.10. The fourth-order valence-corrected chi connectivity index (χ4v) is 2.51. The highest BCUT2D eigenvalue weighted by Gasteiger charge is 2.25. The van der Waals surface area contributed by atoms with E-state index < -0.39 is 0 Å². The van der Waals surface area contributed by atoms with Crippen LogP contribution in [0.15, 0.2) is 0 Å². The fourth-order valence-electron chi connectivity index (χ4n) is 2.51. The van der Waals surface area contributed by atoms with E-state index in [1.807, 2.05) is 0 Å². The minimum Gasteiger partial charge on any atom is -0.468 e. The van der Waals surface area contributed by atoms with Gasteiger partial charge in [0.2, 0.25) is 0 Å². The summed E-state index contributed by atoms with van der Waals surface area (Å²) in [6, 6.07) is 0.271. The number of nitrogens with one attached hydrogen (secondary N) is 1. The van der Waals surface area contributed by atoms with Crippen LogP contribution < -0.4 is 5.32 Å². The molecule has 0 heterocycles. The van der Waals surface area contributed by atoms with E-state index in [2.05, 4.69) is 33.0 Å². The highest BCUT2D eigenvalue weighted by molar-refractivity contribution is 5.75. The van der Waals surface area contributed by atoms with E-state index >= 15 is 0 Å². The van der Waals surface area contributed by atoms with Crippen LogP contribution in [-0.2, 0) is 9.53 Å². The summed E-state index contributed by atoms with van der Waals surface area (Å²) in [6.07, 6.45) is 9.85. The van der Waals surface area contributed by atoms with Gasteiger partial charge in [0.25, 0.3) is 0 Å². The smallest absolute Gasteiger partial charge is 0.323 e. The molecular formula is C17H35NO2. The van der Waals surface area contributed by atoms with Crippen molar-refractivity contribution in [2.24, 2.45) is 5.92 Å². The molecule has 0 unspecified atom stereocenters. The lowest BCUT2D eigenvalue weighted by Gasteiger charge is -2.27. The van der Waals surface area contributed by atoms with Gasteiger partial charge in [-0.15, -0.1) is 0 Å². The number of ether oxygens (including phenoxy) is 1. The second-order valence-corrected chi connectivity index (χ2v) is 6.10. The van der Waals surface area contributed by atoms with Crippen LogP contribution in [0.25, 0.3) is 0 Å². The summed E-state index contributed by atoms with van der Waals surface area (Å²) in [7, 11) is 1.47. The molecule has 0 aliphatic heterocycles. The summed E-state index contributed by atoms with van der Waals surface area (Å²) < 4.78 is 4.92. The molecule has 0 bridgehead atoms. The molecule has 3 nitrogen and oxygen atoms in total. The van der Waals surface area contributed by atoms with E-state index in [1.165, 1.54) is 45.6 Å². The number of rotatable bonds is 12. The van der Waals surface area contributed by atoms with Crippen LogP contribution in [0.1, 0.15) is 79.1 Å². The Balaban J connectivity index is 4.43. The maximum absolute atomic E-state index is 11.9. The van der Waals surface area contributed by atoms with Gasteiger partial charge in [-0.05, 0) is 18.8 Å². The van der Waals surface area contributed by atoms with Crippen molar-refractivity contribution in [1.29, 1.82) is 0 Å². The first kappa shape index (κ1) is 19.4. The van der Waals surface area contributed by atoms with Gasteiger partial charge < -0.3 is 10.1 Å². The third-order valence-corrected chi connectivity index (χ3v) is 3.85. The first-order chi connectivity index (χ1) is 9.56. The molecule has 0 aliphatic carbocycles. The zero-order valence-corrected chi connectivity index (χ0v) is 14.2. The predicted octanol–water partition coefficient (Wildman–Crippen LogP) is 4.30. The molecule has 0 spiro atoms. The maximum Gasteiger partial charge on any atom is 0.323 e. The van der Waals surface area contributed by atoms with Crippen molar-refractivity contribution < 1.29 is 9.53 Å². The van der Waals surface area contributed by atoms with Gasteiger partial charge in [0.1, 0.15) is 6.04 Å². The third-order valence-electron chi connectivity index (χ3n) is 3.85. The van der Waals surface area contributed by atoms with Crippen LogP contribution >= 0.6 is 0 Å². The van der Waals surface area contributed by atoms with E-state index in [4.69, 9.17) is 4.74 Å². The largest absolute Gasteiger partial charge is 0.468 e. The molecular weight excluding hydrogens is 250 g/mol. The molecule has 1 N–H and O–H groups in total. The normalized spacial score (nSPS) is 12.9. The van der Waals surface area contributed by atoms with Crippen LogP contribution in [0, 0.1) is 5.92 Å². The van der Waals surface area contributed by atoms with Crippen molar-refractivity contribution in [3.8, 4) is 0 Å². The van der Waals surface area contributed by atoms with E-state index in [1.54, 1.807) is 0 Å². The van der Waals surface area contributed by atoms with Crippen LogP contribution in [0.3, 0.4) is 0 Å². The first-order valence-corrected chi connectivity index (χ1v) is 8.40. The highest BCUT2D eigenvalue weighted by atomic mass is 16.5. The zero-order valence-electron chi connectivity index (χ0n) is 14.2. The quantitative estimate of drug-likeness (QED) is 0.429. The fraction of sp³-hybridized carbons (Fsp3) is 0.941. The molecule has 3 heteroatoms. The van der Waals surface area contributed by atoms with Crippen molar-refractivity contribution in [3.05, 3.63) is 0 Å². The SMILES string of the molecule is CCCCCC(CCCCC)N[C@H](C(=O)OC)C(C)C. The third kappa shape index (κ3) is 8.57. The van der Waals surface area contributed by atoms with Crippen molar-refractivity contribution >= 4 is 5.97 Å². The number of carbonyl (C=O) groups is 1. The lowest BCUT2D eigenvalue weighted by atomic mass is 9.98. The second kappa shape index (κ2) is 12.2. The number of hydrogen-bond donors (Lipinski definition) is 1. The highest BCUT2D eigenvalue weighted by Crippen LogP contribution is 2.14. The summed E-state index contributed by atoms with van der Waals surface area (Å²) in [5.74, 6) is 0.137. The van der Waals surface area contributed by atoms with Crippen molar-refractivity contribution in [2.75, 3.05) is 7.11 Å². The molecule has 1 atom stereocenters. The van der Waals surface area contributed by atoms with Gasteiger partial charge in [-0.2, -0.15) is 0 Å². The first-order valence-electron chi connectivity index (χ1n) is 8.40. The number of unbranched alkanes of at least 4 members (excludes halogenated alkanes) is 4. The minimum absolute atomic E-state index is 0.129. The standard InChI is InChI=1S/C17H35NO2/c1-6-8-10-12-15(13-11-9-7-2)18-16(14(3)4)17(19)20-5/h14-16,18H,6-13H2,1-5H3/t16-/m0/s1. The lowest BCUT2D eigenvalue weighted by Crippen LogP contribution is -2.47. The van der Waals surface area contributed by atoms with Gasteiger partial charge in [-0.3, -0.25) is 4.79 Å². The molecule has 0 aromatic carbocycles. The van der Waals surface area contributed by atoms with Crippen molar-refractivity contribution in [2.45, 2.75) is 91.1 Å². The zero-order chi connectivity index (χ0) is 15.4. The van der Waals surface area contributed by atoms with Gasteiger partial charge in [0, 0.05) is 6.04 Å². The summed E-state index contributed by atoms with van der Waals surface area (Å²) in [6.45, 7) is 8.60. The van der Waals surface area contributed by atoms with Crippen LogP contribution in [0.5, 0.6) is 0 Å². The molecule has 0 fully saturated rings. The Labute approximate surface area is 125 Å². The van der Waals surface area contributed by atoms with E-state index in [-0.39, 0.29) is 17.9 Å². The van der Waals surface area contributed by atoms with Crippen LogP contribution in [0.2, 0.25) is 0 Å². The van der Waals surface area contributed by atoms with Crippen molar-refractivity contribution in [1.82, 2.24) is 5.32 Å². The summed E-state index contributed by atoms with van der Waals surface area (Å²) in [4.78, 5) is 11.9. The van der Waals surface area contributed by atoms with Gasteiger partial charge in [0.05, 0.1) is 7.11 Å². The Hall–Kier alpha value is -0.570. The molecule has 0 aromatic heterocycles. The predicted molar refractivity (Wildman–Crippen MR) is 85.8 cm³/mol. The van der Waals surface area contributed by atoms with E-state index in [0.29, 0.717) is 6.04 Å². The maximum atomic E-state index is 11.9. The molecule has 20 heavy (non-hydrogen) atoms. The average Bonchev–Trinajstić information content (AvgIpc) is 2.43. The molecule has 0 aromatic rings. The Kier molecular flexibility index (Phi) is 11.8. The van der Waals surface area contributed by atoms with Crippen LogP contribution in [0.4, 0.5) is 0 Å². The molecule has 0 radical (unpaired) electrons. The molecule has 0 saturated carbocycles. The Morgan fingerprint density at radius 3 is 1.85 bits per heavy atom. The van der Waals surface area contributed by atoms with Gasteiger partial charge in [-0.25, -0.2) is 0 Å². The average molecular weight is 285 g/mol. The number of hydrogen-bond acceptors (Lipinski definition) is 3. The Bertz CT molecular complexity index is 231. The van der Waals surface area contributed by atoms with Gasteiger partial charge >= 0.3 is 5.97 Å². The number of methoxy groups -OCH3 is 1. The van der Waals surface area contributed by atoms with Gasteiger partial charge in [-0.1, -0.05) is 66.2 Å². The minimum atomic E-state index is -0.173. The summed E-state index contributed by atoms with van der Waals surface area (Å²) in [5, 5.41) is 3.55. The van der Waals surface area contributed by atoms with Gasteiger partial charge in [0.15, 0.2) is 0 Å². The van der Waals surface area contributed by atoms with E-state index in [0.717, 1.165) is 12.8 Å². The van der Waals surface area contributed by atoms with E-state index in [9.17, 15) is 4.79 Å². The number of esters is 1. The summed E-state index contributed by atoms with van der Waals surface area (Å²) >= 11 is 0. The van der Waals surface area contributed by atoms with Crippen LogP contribution in [-0.4, -0.2) is 25.2 Å². The molecule has 0 amide bonds. The molecule has 0 rings (SSSR count). The Morgan fingerprint density at radius 2 is 1.50 bits per heavy atom. The topological polar surface area (TPSA) is 38.3 Å². The number of carbonyl (C=O) groups excluding carboxylic acids is 1. The molecule has 120 valence electrons. The molecule has 0 saturated heterocycles. The van der Waals surface area contributed by atoms with Crippen molar-refractivity contribution in [3.63, 3.8) is 0 Å². The monoisotopic (exact) mass is 285 g/mol.